The summed E-state index contributed by atoms with van der Waals surface area (Å²) in [7, 11) is 0. The maximum Gasteiger partial charge on any atom is 0.407 e. The minimum atomic E-state index is -0.773. The lowest BCUT2D eigenvalue weighted by molar-refractivity contribution is 0.106. The summed E-state index contributed by atoms with van der Waals surface area (Å²) >= 11 is 0. The van der Waals surface area contributed by atoms with Gasteiger partial charge in [0.1, 0.15) is 6.61 Å². The highest BCUT2D eigenvalue weighted by molar-refractivity contribution is 5.67. The van der Waals surface area contributed by atoms with Crippen molar-refractivity contribution < 1.29 is 14.6 Å². The summed E-state index contributed by atoms with van der Waals surface area (Å²) in [6, 6.07) is 16.6. The number of carbonyl (C=O) groups is 1. The van der Waals surface area contributed by atoms with Crippen LogP contribution in [0.3, 0.4) is 0 Å². The summed E-state index contributed by atoms with van der Waals surface area (Å²) in [6.45, 7) is 3.94. The Morgan fingerprint density at radius 1 is 1.14 bits per heavy atom. The lowest BCUT2D eigenvalue weighted by Crippen LogP contribution is -2.37. The van der Waals surface area contributed by atoms with Gasteiger partial charge in [-0.1, -0.05) is 60.2 Å². The van der Waals surface area contributed by atoms with E-state index in [9.17, 15) is 9.90 Å². The van der Waals surface area contributed by atoms with E-state index in [1.54, 1.807) is 6.92 Å². The smallest absolute Gasteiger partial charge is 0.407 e. The molecule has 22 heavy (non-hydrogen) atoms. The van der Waals surface area contributed by atoms with Crippen molar-refractivity contribution >= 4 is 6.09 Å². The van der Waals surface area contributed by atoms with Crippen LogP contribution in [-0.2, 0) is 11.3 Å². The predicted molar refractivity (Wildman–Crippen MR) is 85.4 cm³/mol. The maximum atomic E-state index is 11.8. The van der Waals surface area contributed by atoms with Crippen molar-refractivity contribution in [3.8, 4) is 0 Å². The van der Waals surface area contributed by atoms with Gasteiger partial charge in [0.05, 0.1) is 12.1 Å². The molecular weight excluding hydrogens is 278 g/mol. The molecule has 0 aliphatic rings. The van der Waals surface area contributed by atoms with Crippen molar-refractivity contribution in [1.29, 1.82) is 0 Å². The molecule has 2 aromatic rings. The monoisotopic (exact) mass is 299 g/mol. The Labute approximate surface area is 130 Å². The summed E-state index contributed by atoms with van der Waals surface area (Å²) < 4.78 is 5.14. The Morgan fingerprint density at radius 3 is 2.41 bits per heavy atom. The molecule has 0 aliphatic carbocycles. The molecule has 2 rings (SSSR count). The first kappa shape index (κ1) is 16.0. The SMILES string of the molecule is Cc1ccc([C@@H](O)[C@H](C)NC(=O)OCc2ccccc2)cc1. The van der Waals surface area contributed by atoms with Gasteiger partial charge in [0, 0.05) is 0 Å². The van der Waals surface area contributed by atoms with Crippen LogP contribution in [0.5, 0.6) is 0 Å². The van der Waals surface area contributed by atoms with Crippen LogP contribution in [0.15, 0.2) is 54.6 Å². The standard InChI is InChI=1S/C18H21NO3/c1-13-8-10-16(11-9-13)17(20)14(2)19-18(21)22-12-15-6-4-3-5-7-15/h3-11,14,17,20H,12H2,1-2H3,(H,19,21)/t14-,17-/m0/s1. The maximum absolute atomic E-state index is 11.8. The number of ether oxygens (including phenoxy) is 1. The van der Waals surface area contributed by atoms with Gasteiger partial charge in [0.2, 0.25) is 0 Å². The van der Waals surface area contributed by atoms with E-state index in [1.807, 2.05) is 61.5 Å². The van der Waals surface area contributed by atoms with Crippen molar-refractivity contribution in [2.75, 3.05) is 0 Å². The van der Waals surface area contributed by atoms with Gasteiger partial charge in [-0.2, -0.15) is 0 Å². The highest BCUT2D eigenvalue weighted by atomic mass is 16.5. The topological polar surface area (TPSA) is 58.6 Å². The first-order valence-corrected chi connectivity index (χ1v) is 7.28. The molecule has 0 aromatic heterocycles. The summed E-state index contributed by atoms with van der Waals surface area (Å²) in [5, 5.41) is 12.9. The highest BCUT2D eigenvalue weighted by Gasteiger charge is 2.18. The molecule has 0 heterocycles. The number of hydrogen-bond donors (Lipinski definition) is 2. The van der Waals surface area contributed by atoms with Gasteiger partial charge in [-0.05, 0) is 25.0 Å². The minimum Gasteiger partial charge on any atom is -0.445 e. The van der Waals surface area contributed by atoms with Crippen molar-refractivity contribution in [3.05, 3.63) is 71.3 Å². The second-order valence-electron chi connectivity index (χ2n) is 5.35. The Balaban J connectivity index is 1.84. The van der Waals surface area contributed by atoms with E-state index >= 15 is 0 Å². The number of nitrogens with one attached hydrogen (secondary N) is 1. The van der Waals surface area contributed by atoms with Crippen LogP contribution in [0.1, 0.15) is 29.7 Å². The quantitative estimate of drug-likeness (QED) is 0.890. The molecule has 4 heteroatoms. The van der Waals surface area contributed by atoms with Gasteiger partial charge in [0.15, 0.2) is 0 Å². The van der Waals surface area contributed by atoms with Gasteiger partial charge in [-0.15, -0.1) is 0 Å². The number of alkyl carbamates (subject to hydrolysis) is 1. The average Bonchev–Trinajstić information content (AvgIpc) is 2.54. The normalized spacial score (nSPS) is 13.2. The van der Waals surface area contributed by atoms with Gasteiger partial charge >= 0.3 is 6.09 Å². The average molecular weight is 299 g/mol. The second-order valence-corrected chi connectivity index (χ2v) is 5.35. The van der Waals surface area contributed by atoms with Gasteiger partial charge in [-0.25, -0.2) is 4.79 Å². The van der Waals surface area contributed by atoms with Crippen LogP contribution in [0.2, 0.25) is 0 Å². The van der Waals surface area contributed by atoms with Crippen molar-refractivity contribution in [2.45, 2.75) is 32.6 Å². The predicted octanol–water partition coefficient (Wildman–Crippen LogP) is 3.34. The number of carbonyl (C=O) groups excluding carboxylic acids is 1. The molecule has 2 N–H and O–H groups in total. The van der Waals surface area contributed by atoms with Gasteiger partial charge < -0.3 is 15.2 Å². The number of aliphatic hydroxyl groups excluding tert-OH is 1. The van der Waals surface area contributed by atoms with Gasteiger partial charge in [-0.3, -0.25) is 0 Å². The zero-order valence-electron chi connectivity index (χ0n) is 12.8. The van der Waals surface area contributed by atoms with Crippen molar-refractivity contribution in [1.82, 2.24) is 5.32 Å². The fraction of sp³-hybridized carbons (Fsp3) is 0.278. The van der Waals surface area contributed by atoms with Crippen LogP contribution in [0.4, 0.5) is 4.79 Å². The number of aliphatic hydroxyl groups is 1. The van der Waals surface area contributed by atoms with Crippen LogP contribution in [0, 0.1) is 6.92 Å². The molecule has 4 nitrogen and oxygen atoms in total. The van der Waals surface area contributed by atoms with Crippen molar-refractivity contribution in [2.24, 2.45) is 0 Å². The molecule has 2 aromatic carbocycles. The molecule has 0 unspecified atom stereocenters. The van der Waals surface area contributed by atoms with E-state index in [4.69, 9.17) is 4.74 Å². The Morgan fingerprint density at radius 2 is 1.77 bits per heavy atom. The Bertz CT molecular complexity index is 595. The molecule has 0 saturated carbocycles. The lowest BCUT2D eigenvalue weighted by Gasteiger charge is -2.20. The molecule has 0 saturated heterocycles. The summed E-state index contributed by atoms with van der Waals surface area (Å²) in [4.78, 5) is 11.8. The third kappa shape index (κ3) is 4.60. The van der Waals surface area contributed by atoms with E-state index < -0.39 is 18.2 Å². The summed E-state index contributed by atoms with van der Waals surface area (Å²) in [5.41, 5.74) is 2.81. The molecule has 0 bridgehead atoms. The van der Waals surface area contributed by atoms with Crippen LogP contribution in [-0.4, -0.2) is 17.2 Å². The van der Waals surface area contributed by atoms with E-state index in [-0.39, 0.29) is 6.61 Å². The van der Waals surface area contributed by atoms with E-state index in [1.165, 1.54) is 0 Å². The number of benzene rings is 2. The number of amides is 1. The summed E-state index contributed by atoms with van der Waals surface area (Å²) in [6.07, 6.45) is -1.31. The molecule has 1 amide bonds. The third-order valence-corrected chi connectivity index (χ3v) is 3.45. The van der Waals surface area contributed by atoms with E-state index in [0.29, 0.717) is 0 Å². The molecule has 0 aliphatic heterocycles. The van der Waals surface area contributed by atoms with Crippen LogP contribution in [0.25, 0.3) is 0 Å². The largest absolute Gasteiger partial charge is 0.445 e. The van der Waals surface area contributed by atoms with E-state index in [2.05, 4.69) is 5.32 Å². The molecule has 116 valence electrons. The number of hydrogen-bond acceptors (Lipinski definition) is 3. The molecule has 0 spiro atoms. The molecule has 0 radical (unpaired) electrons. The molecule has 0 fully saturated rings. The van der Waals surface area contributed by atoms with Gasteiger partial charge in [0.25, 0.3) is 0 Å². The fourth-order valence-corrected chi connectivity index (χ4v) is 2.08. The van der Waals surface area contributed by atoms with E-state index in [0.717, 1.165) is 16.7 Å². The zero-order valence-corrected chi connectivity index (χ0v) is 12.8. The minimum absolute atomic E-state index is 0.208. The summed E-state index contributed by atoms with van der Waals surface area (Å²) in [5.74, 6) is 0. The fourth-order valence-electron chi connectivity index (χ4n) is 2.08. The van der Waals surface area contributed by atoms with Crippen molar-refractivity contribution in [3.63, 3.8) is 0 Å². The van der Waals surface area contributed by atoms with Crippen LogP contribution < -0.4 is 5.32 Å². The Hall–Kier alpha value is -2.33. The number of aryl methyl sites for hydroxylation is 1. The third-order valence-electron chi connectivity index (χ3n) is 3.45. The lowest BCUT2D eigenvalue weighted by atomic mass is 10.0. The molecular formula is C18H21NO3. The highest BCUT2D eigenvalue weighted by Crippen LogP contribution is 2.17. The molecule has 2 atom stereocenters. The first-order chi connectivity index (χ1) is 10.6. The first-order valence-electron chi connectivity index (χ1n) is 7.28. The van der Waals surface area contributed by atoms with Crippen LogP contribution >= 0.6 is 0 Å². The zero-order chi connectivity index (χ0) is 15.9. The Kier molecular flexibility index (Phi) is 5.55. The second kappa shape index (κ2) is 7.61. The number of rotatable bonds is 5.